The second kappa shape index (κ2) is 7.62. The van der Waals surface area contributed by atoms with Gasteiger partial charge in [0.05, 0.1) is 0 Å². The van der Waals surface area contributed by atoms with Crippen LogP contribution >= 0.6 is 11.3 Å². The van der Waals surface area contributed by atoms with Crippen molar-refractivity contribution in [2.45, 2.75) is 43.4 Å². The lowest BCUT2D eigenvalue weighted by Gasteiger charge is -2.23. The fourth-order valence-corrected chi connectivity index (χ4v) is 5.79. The molecular formula is C15H22N2O5S2. The van der Waals surface area contributed by atoms with Crippen molar-refractivity contribution in [3.63, 3.8) is 0 Å². The van der Waals surface area contributed by atoms with E-state index in [1.165, 1.54) is 15.6 Å². The number of carbonyl (C=O) groups excluding carboxylic acids is 1. The fraction of sp³-hybridized carbons (Fsp3) is 0.600. The third kappa shape index (κ3) is 4.34. The molecule has 1 aromatic heterocycles. The average Bonchev–Trinajstić information content (AvgIpc) is 3.13. The number of carboxylic acid groups (broad SMARTS) is 1. The van der Waals surface area contributed by atoms with Crippen molar-refractivity contribution in [3.05, 3.63) is 17.0 Å². The summed E-state index contributed by atoms with van der Waals surface area (Å²) in [6.07, 6.45) is 1.07. The van der Waals surface area contributed by atoms with E-state index < -0.39 is 22.0 Å². The molecule has 0 aliphatic carbocycles. The van der Waals surface area contributed by atoms with E-state index in [2.05, 4.69) is 5.32 Å². The molecule has 1 amide bonds. The highest BCUT2D eigenvalue weighted by Gasteiger charge is 2.39. The first kappa shape index (κ1) is 18.9. The quantitative estimate of drug-likeness (QED) is 0.751. The molecule has 2 N–H and O–H groups in total. The molecule has 0 spiro atoms. The number of aryl methyl sites for hydroxylation is 1. The Balaban J connectivity index is 2.04. The number of carbonyl (C=O) groups is 2. The summed E-state index contributed by atoms with van der Waals surface area (Å²) in [6, 6.07) is 2.59. The molecule has 0 aromatic carbocycles. The number of carboxylic acids is 1. The minimum Gasteiger partial charge on any atom is -0.481 e. The van der Waals surface area contributed by atoms with Crippen LogP contribution in [-0.4, -0.2) is 48.8 Å². The van der Waals surface area contributed by atoms with Crippen LogP contribution in [0.3, 0.4) is 0 Å². The van der Waals surface area contributed by atoms with E-state index in [4.69, 9.17) is 5.11 Å². The lowest BCUT2D eigenvalue weighted by atomic mass is 10.1. The number of amides is 1. The van der Waals surface area contributed by atoms with Crippen LogP contribution in [0.4, 0.5) is 0 Å². The number of nitrogens with one attached hydrogen (secondary N) is 1. The van der Waals surface area contributed by atoms with Gasteiger partial charge in [-0.05, 0) is 37.8 Å². The van der Waals surface area contributed by atoms with Crippen molar-refractivity contribution in [2.75, 3.05) is 13.1 Å². The summed E-state index contributed by atoms with van der Waals surface area (Å²) >= 11 is 1.19. The largest absolute Gasteiger partial charge is 0.481 e. The van der Waals surface area contributed by atoms with E-state index >= 15 is 0 Å². The predicted molar refractivity (Wildman–Crippen MR) is 90.4 cm³/mol. The summed E-state index contributed by atoms with van der Waals surface area (Å²) in [7, 11) is -3.67. The Bertz CT molecular complexity index is 713. The maximum atomic E-state index is 12.7. The molecule has 7 nitrogen and oxygen atoms in total. The molecule has 2 unspecified atom stereocenters. The molecular weight excluding hydrogens is 352 g/mol. The number of hydrogen-bond donors (Lipinski definition) is 2. The molecule has 24 heavy (non-hydrogen) atoms. The molecule has 0 saturated carbocycles. The summed E-state index contributed by atoms with van der Waals surface area (Å²) < 4.78 is 27.0. The Labute approximate surface area is 145 Å². The van der Waals surface area contributed by atoms with Crippen LogP contribution in [0.5, 0.6) is 0 Å². The van der Waals surface area contributed by atoms with Gasteiger partial charge in [-0.1, -0.05) is 6.92 Å². The van der Waals surface area contributed by atoms with Crippen LogP contribution in [-0.2, 0) is 19.6 Å². The summed E-state index contributed by atoms with van der Waals surface area (Å²) in [5, 5.41) is 11.4. The monoisotopic (exact) mass is 374 g/mol. The summed E-state index contributed by atoms with van der Waals surface area (Å²) in [4.78, 5) is 23.9. The fourth-order valence-electron chi connectivity index (χ4n) is 2.72. The lowest BCUT2D eigenvalue weighted by molar-refractivity contribution is -0.138. The van der Waals surface area contributed by atoms with Crippen LogP contribution in [0, 0.1) is 12.8 Å². The van der Waals surface area contributed by atoms with Crippen LogP contribution in [0.15, 0.2) is 16.3 Å². The number of nitrogens with zero attached hydrogens (tertiary/aromatic N) is 1. The first-order valence-electron chi connectivity index (χ1n) is 7.79. The molecule has 9 heteroatoms. The van der Waals surface area contributed by atoms with Gasteiger partial charge in [-0.3, -0.25) is 9.59 Å². The van der Waals surface area contributed by atoms with E-state index in [1.807, 2.05) is 6.92 Å². The number of rotatable bonds is 7. The molecule has 1 saturated heterocycles. The third-order valence-electron chi connectivity index (χ3n) is 3.93. The number of aliphatic carboxylic acids is 1. The Morgan fingerprint density at radius 3 is 2.75 bits per heavy atom. The number of hydrogen-bond acceptors (Lipinski definition) is 5. The first-order valence-corrected chi connectivity index (χ1v) is 10.0. The smallest absolute Gasteiger partial charge is 0.303 e. The normalized spacial score (nSPS) is 20.0. The molecule has 1 aliphatic rings. The summed E-state index contributed by atoms with van der Waals surface area (Å²) in [5.41, 5.74) is 0. The van der Waals surface area contributed by atoms with Gasteiger partial charge in [0.1, 0.15) is 10.3 Å². The van der Waals surface area contributed by atoms with Crippen LogP contribution in [0.2, 0.25) is 0 Å². The van der Waals surface area contributed by atoms with Crippen molar-refractivity contribution in [1.29, 1.82) is 0 Å². The van der Waals surface area contributed by atoms with Crippen molar-refractivity contribution in [3.8, 4) is 0 Å². The molecule has 2 heterocycles. The Hall–Kier alpha value is -1.45. The molecule has 1 aromatic rings. The maximum absolute atomic E-state index is 12.7. The van der Waals surface area contributed by atoms with Crippen molar-refractivity contribution in [1.82, 2.24) is 9.62 Å². The van der Waals surface area contributed by atoms with Crippen molar-refractivity contribution < 1.29 is 23.1 Å². The number of thiophene rings is 1. The third-order valence-corrected chi connectivity index (χ3v) is 7.31. The maximum Gasteiger partial charge on any atom is 0.303 e. The average molecular weight is 374 g/mol. The van der Waals surface area contributed by atoms with Gasteiger partial charge in [0.25, 0.3) is 10.0 Å². The second-order valence-electron chi connectivity index (χ2n) is 6.09. The summed E-state index contributed by atoms with van der Waals surface area (Å²) in [6.45, 7) is 4.10. The van der Waals surface area contributed by atoms with Gasteiger partial charge in [0.2, 0.25) is 5.91 Å². The number of sulfonamides is 1. The standard InChI is InChI=1S/C15H22N2O5S2/c1-10(8-13(18)19)9-16-15(20)12-4-3-7-17(12)24(21,22)14-6-5-11(2)23-14/h5-6,10,12H,3-4,7-9H2,1-2H3,(H,16,20)(H,18,19). The molecule has 2 rings (SSSR count). The summed E-state index contributed by atoms with van der Waals surface area (Å²) in [5.74, 6) is -1.49. The van der Waals surface area contributed by atoms with E-state index in [0.29, 0.717) is 19.4 Å². The van der Waals surface area contributed by atoms with Crippen LogP contribution in [0.25, 0.3) is 0 Å². The molecule has 1 fully saturated rings. The van der Waals surface area contributed by atoms with Crippen molar-refractivity contribution in [2.24, 2.45) is 5.92 Å². The highest BCUT2D eigenvalue weighted by molar-refractivity contribution is 7.91. The van der Waals surface area contributed by atoms with Gasteiger partial charge in [-0.15, -0.1) is 11.3 Å². The Kier molecular flexibility index (Phi) is 6.00. The van der Waals surface area contributed by atoms with Crippen molar-refractivity contribution >= 4 is 33.2 Å². The van der Waals surface area contributed by atoms with Gasteiger partial charge in [-0.2, -0.15) is 4.31 Å². The minimum absolute atomic E-state index is 0.0402. The van der Waals surface area contributed by atoms with E-state index in [0.717, 1.165) is 4.88 Å². The van der Waals surface area contributed by atoms with Crippen LogP contribution in [0.1, 0.15) is 31.1 Å². The van der Waals surface area contributed by atoms with E-state index in [9.17, 15) is 18.0 Å². The zero-order chi connectivity index (χ0) is 17.9. The second-order valence-corrected chi connectivity index (χ2v) is 9.49. The van der Waals surface area contributed by atoms with Gasteiger partial charge in [0, 0.05) is 24.4 Å². The molecule has 0 bridgehead atoms. The minimum atomic E-state index is -3.67. The molecule has 2 atom stereocenters. The van der Waals surface area contributed by atoms with E-state index in [1.54, 1.807) is 19.1 Å². The highest BCUT2D eigenvalue weighted by Crippen LogP contribution is 2.30. The molecule has 0 radical (unpaired) electrons. The highest BCUT2D eigenvalue weighted by atomic mass is 32.2. The van der Waals surface area contributed by atoms with Gasteiger partial charge in [0.15, 0.2) is 0 Å². The SMILES string of the molecule is Cc1ccc(S(=O)(=O)N2CCCC2C(=O)NCC(C)CC(=O)O)s1. The van der Waals surface area contributed by atoms with E-state index in [-0.39, 0.29) is 29.0 Å². The van der Waals surface area contributed by atoms with Gasteiger partial charge in [-0.25, -0.2) is 8.42 Å². The lowest BCUT2D eigenvalue weighted by Crippen LogP contribution is -2.46. The zero-order valence-corrected chi connectivity index (χ0v) is 15.3. The first-order chi connectivity index (χ1) is 11.2. The Morgan fingerprint density at radius 2 is 2.17 bits per heavy atom. The van der Waals surface area contributed by atoms with Gasteiger partial charge < -0.3 is 10.4 Å². The van der Waals surface area contributed by atoms with Gasteiger partial charge >= 0.3 is 5.97 Å². The zero-order valence-electron chi connectivity index (χ0n) is 13.7. The predicted octanol–water partition coefficient (Wildman–Crippen LogP) is 1.44. The Morgan fingerprint density at radius 1 is 1.46 bits per heavy atom. The topological polar surface area (TPSA) is 104 Å². The van der Waals surface area contributed by atoms with Crippen LogP contribution < -0.4 is 5.32 Å². The molecule has 1 aliphatic heterocycles. The molecule has 134 valence electrons.